The molecule has 1 aromatic rings. The summed E-state index contributed by atoms with van der Waals surface area (Å²) < 4.78 is 70.3. The van der Waals surface area contributed by atoms with Crippen molar-refractivity contribution in [1.29, 1.82) is 0 Å². The number of hydrogen-bond acceptors (Lipinski definition) is 0. The molecule has 0 radical (unpaired) electrons. The van der Waals surface area contributed by atoms with Gasteiger partial charge in [-0.05, 0) is 0 Å². The van der Waals surface area contributed by atoms with Crippen molar-refractivity contribution in [2.24, 2.45) is 0 Å². The van der Waals surface area contributed by atoms with E-state index in [1.807, 2.05) is 0 Å². The minimum atomic E-state index is -10.5. The molecule has 0 aromatic heterocycles. The molecule has 13 heavy (non-hydrogen) atoms. The fourth-order valence-electron chi connectivity index (χ4n) is 0.707. The van der Waals surface area contributed by atoms with Crippen molar-refractivity contribution >= 4 is 21.9 Å². The summed E-state index contributed by atoms with van der Waals surface area (Å²) in [4.78, 5) is 0. The average molecular weight is 318 g/mol. The Morgan fingerprint density at radius 3 is 1.77 bits per heavy atom. The Kier molecular flexibility index (Phi) is 1.76. The van der Waals surface area contributed by atoms with Crippen LogP contribution in [0.25, 0.3) is 0 Å². The zero-order valence-electron chi connectivity index (χ0n) is 5.99. The molecule has 0 amide bonds. The molecule has 7 heteroatoms. The first-order valence-electron chi connectivity index (χ1n) is 2.99. The van der Waals surface area contributed by atoms with E-state index in [1.165, 1.54) is 0 Å². The Morgan fingerprint density at radius 1 is 0.923 bits per heavy atom. The summed E-state index contributed by atoms with van der Waals surface area (Å²) in [5.74, 6) is -1.32. The number of benzene rings is 1. The van der Waals surface area contributed by atoms with Gasteiger partial charge >= 0.3 is 70.8 Å². The molecule has 0 aliphatic heterocycles. The molecular weight excluding hydrogens is 314 g/mol. The normalized spacial score (nSPS) is 17.7. The molecule has 0 aliphatic carbocycles. The van der Waals surface area contributed by atoms with Crippen molar-refractivity contribution in [3.05, 3.63) is 30.1 Å². The first kappa shape index (κ1) is 10.7. The van der Waals surface area contributed by atoms with Crippen LogP contribution in [0.15, 0.2) is 24.3 Å². The predicted molar refractivity (Wildman–Crippen MR) is 37.3 cm³/mol. The van der Waals surface area contributed by atoms with Gasteiger partial charge in [0.1, 0.15) is 0 Å². The van der Waals surface area contributed by atoms with Crippen LogP contribution in [0.2, 0.25) is 0 Å². The maximum absolute atomic E-state index is 12.2. The van der Waals surface area contributed by atoms with Crippen molar-refractivity contribution in [2.75, 3.05) is 0 Å². The van der Waals surface area contributed by atoms with Gasteiger partial charge in [-0.3, -0.25) is 0 Å². The maximum atomic E-state index is 12.2. The van der Waals surface area contributed by atoms with Crippen molar-refractivity contribution < 1.29 is 18.9 Å². The molecule has 0 saturated heterocycles. The molecule has 0 bridgehead atoms. The molecule has 1 rings (SSSR count). The topological polar surface area (TPSA) is 0 Å². The van der Waals surface area contributed by atoms with E-state index in [0.29, 0.717) is 12.1 Å². The molecular formula is C6H4F6Te. The van der Waals surface area contributed by atoms with E-state index in [9.17, 15) is 18.9 Å². The van der Waals surface area contributed by atoms with Gasteiger partial charge in [0.2, 0.25) is 0 Å². The molecule has 0 fully saturated rings. The van der Waals surface area contributed by atoms with Crippen LogP contribution in [0.5, 0.6) is 0 Å². The Hall–Kier alpha value is -0.410. The summed E-state index contributed by atoms with van der Waals surface area (Å²) in [5, 5.41) is 0. The number of hydrogen-bond donors (Lipinski definition) is 0. The number of rotatable bonds is 1. The van der Waals surface area contributed by atoms with Crippen LogP contribution in [0.4, 0.5) is 18.9 Å². The number of halogens is 6. The molecule has 0 heterocycles. The Morgan fingerprint density at radius 2 is 1.46 bits per heavy atom. The van der Waals surface area contributed by atoms with Crippen LogP contribution < -0.4 is 3.61 Å². The fraction of sp³-hybridized carbons (Fsp3) is 0. The average Bonchev–Trinajstić information content (AvgIpc) is 1.82. The van der Waals surface area contributed by atoms with Gasteiger partial charge < -0.3 is 0 Å². The zero-order chi connectivity index (χ0) is 10.4. The summed E-state index contributed by atoms with van der Waals surface area (Å²) in [6.45, 7) is 0. The van der Waals surface area contributed by atoms with E-state index >= 15 is 0 Å². The third-order valence-corrected chi connectivity index (χ3v) is 4.51. The SMILES string of the molecule is Fc1cccc([Te](F)(F)(F)(F)F)c1. The van der Waals surface area contributed by atoms with Crippen LogP contribution >= 0.6 is 0 Å². The second kappa shape index (κ2) is 2.15. The molecule has 0 N–H and O–H groups in total. The van der Waals surface area contributed by atoms with Gasteiger partial charge in [0.05, 0.1) is 0 Å². The first-order valence-corrected chi connectivity index (χ1v) is 8.56. The Balaban J connectivity index is 3.41. The van der Waals surface area contributed by atoms with Crippen molar-refractivity contribution in [2.45, 2.75) is 0 Å². The Bertz CT molecular complexity index is 338. The van der Waals surface area contributed by atoms with E-state index in [0.717, 1.165) is 0 Å². The Labute approximate surface area is 71.2 Å². The third-order valence-electron chi connectivity index (χ3n) is 1.24. The van der Waals surface area contributed by atoms with Crippen LogP contribution in [0.1, 0.15) is 0 Å². The van der Waals surface area contributed by atoms with E-state index < -0.39 is 27.7 Å². The van der Waals surface area contributed by atoms with Gasteiger partial charge in [0, 0.05) is 0 Å². The van der Waals surface area contributed by atoms with Gasteiger partial charge in [-0.2, -0.15) is 0 Å². The molecule has 0 nitrogen and oxygen atoms in total. The predicted octanol–water partition coefficient (Wildman–Crippen LogP) is 2.72. The van der Waals surface area contributed by atoms with E-state index in [-0.39, 0.29) is 12.1 Å². The summed E-state index contributed by atoms with van der Waals surface area (Å²) in [5.41, 5.74) is 0. The van der Waals surface area contributed by atoms with Crippen LogP contribution in [-0.4, -0.2) is 18.3 Å². The second-order valence-electron chi connectivity index (χ2n) is 2.43. The summed E-state index contributed by atoms with van der Waals surface area (Å²) in [6, 6.07) is 1.26. The molecule has 0 atom stereocenters. The van der Waals surface area contributed by atoms with Crippen LogP contribution in [-0.2, 0) is 0 Å². The van der Waals surface area contributed by atoms with Crippen molar-refractivity contribution in [1.82, 2.24) is 0 Å². The molecule has 0 saturated carbocycles. The molecule has 1 aromatic carbocycles. The van der Waals surface area contributed by atoms with E-state index in [2.05, 4.69) is 0 Å². The summed E-state index contributed by atoms with van der Waals surface area (Å²) in [7, 11) is 0. The van der Waals surface area contributed by atoms with Crippen LogP contribution in [0.3, 0.4) is 0 Å². The summed E-state index contributed by atoms with van der Waals surface area (Å²) in [6.07, 6.45) is 0. The van der Waals surface area contributed by atoms with Crippen molar-refractivity contribution in [3.8, 4) is 0 Å². The zero-order valence-corrected chi connectivity index (χ0v) is 8.32. The standard InChI is InChI=1S/C6H4F6Te/c7-5-2-1-3-6(4-5)13(8,9,10,11)12/h1-4H. The van der Waals surface area contributed by atoms with Crippen molar-refractivity contribution in [3.63, 3.8) is 0 Å². The molecule has 0 spiro atoms. The van der Waals surface area contributed by atoms with Gasteiger partial charge in [-0.25, -0.2) is 0 Å². The van der Waals surface area contributed by atoms with Gasteiger partial charge in [-0.15, -0.1) is 0 Å². The first-order chi connectivity index (χ1) is 5.49. The summed E-state index contributed by atoms with van der Waals surface area (Å²) >= 11 is -10.5. The molecule has 0 aliphatic rings. The van der Waals surface area contributed by atoms with Crippen LogP contribution in [0, 0.1) is 5.82 Å². The fourth-order valence-corrected chi connectivity index (χ4v) is 2.62. The monoisotopic (exact) mass is 320 g/mol. The van der Waals surface area contributed by atoms with E-state index in [1.54, 1.807) is 0 Å². The minimum absolute atomic E-state index is 0.175. The second-order valence-corrected chi connectivity index (χ2v) is 9.30. The van der Waals surface area contributed by atoms with Gasteiger partial charge in [-0.1, -0.05) is 0 Å². The van der Waals surface area contributed by atoms with Gasteiger partial charge in [0.25, 0.3) is 0 Å². The molecule has 76 valence electrons. The molecule has 0 unspecified atom stereocenters. The quantitative estimate of drug-likeness (QED) is 0.552. The third kappa shape index (κ3) is 2.78. The van der Waals surface area contributed by atoms with Gasteiger partial charge in [0.15, 0.2) is 0 Å². The van der Waals surface area contributed by atoms with E-state index in [4.69, 9.17) is 0 Å².